The summed E-state index contributed by atoms with van der Waals surface area (Å²) in [5.74, 6) is 0.533. The molecule has 0 aliphatic carbocycles. The van der Waals surface area contributed by atoms with Crippen LogP contribution in [-0.4, -0.2) is 15.7 Å². The highest BCUT2D eigenvalue weighted by molar-refractivity contribution is 9.10. The van der Waals surface area contributed by atoms with E-state index in [1.54, 1.807) is 30.1 Å². The van der Waals surface area contributed by atoms with E-state index >= 15 is 0 Å². The van der Waals surface area contributed by atoms with Crippen molar-refractivity contribution in [3.63, 3.8) is 0 Å². The first kappa shape index (κ1) is 11.9. The number of carbonyl (C=O) groups excluding carboxylic acids is 1. The van der Waals surface area contributed by atoms with Crippen LogP contribution in [0.25, 0.3) is 0 Å². The second-order valence-corrected chi connectivity index (χ2v) is 4.73. The van der Waals surface area contributed by atoms with Gasteiger partial charge >= 0.3 is 0 Å². The largest absolute Gasteiger partial charge is 0.307 e. The lowest BCUT2D eigenvalue weighted by molar-refractivity contribution is 0.102. The highest BCUT2D eigenvalue weighted by Gasteiger charge is 2.09. The van der Waals surface area contributed by atoms with E-state index in [2.05, 4.69) is 26.3 Å². The van der Waals surface area contributed by atoms with Crippen LogP contribution in [0, 0.1) is 6.92 Å². The quantitative estimate of drug-likeness (QED) is 0.925. The molecule has 0 saturated heterocycles. The molecule has 0 aliphatic heterocycles. The Morgan fingerprint density at radius 1 is 1.41 bits per heavy atom. The van der Waals surface area contributed by atoms with Gasteiger partial charge in [-0.05, 0) is 30.7 Å². The number of anilines is 1. The van der Waals surface area contributed by atoms with E-state index in [0.717, 1.165) is 10.0 Å². The molecule has 0 bridgehead atoms. The van der Waals surface area contributed by atoms with E-state index in [0.29, 0.717) is 11.4 Å². The van der Waals surface area contributed by atoms with Crippen molar-refractivity contribution < 1.29 is 4.79 Å². The summed E-state index contributed by atoms with van der Waals surface area (Å²) >= 11 is 3.38. The summed E-state index contributed by atoms with van der Waals surface area (Å²) in [4.78, 5) is 12.0. The van der Waals surface area contributed by atoms with E-state index in [1.165, 1.54) is 0 Å². The van der Waals surface area contributed by atoms with E-state index in [1.807, 2.05) is 19.1 Å². The zero-order valence-corrected chi connectivity index (χ0v) is 11.2. The Kier molecular flexibility index (Phi) is 3.28. The molecule has 0 fully saturated rings. The van der Waals surface area contributed by atoms with Crippen LogP contribution in [0.3, 0.4) is 0 Å². The molecule has 1 heterocycles. The number of nitrogens with one attached hydrogen (secondary N) is 1. The summed E-state index contributed by atoms with van der Waals surface area (Å²) in [6.07, 6.45) is 1.64. The number of nitrogens with zero attached hydrogens (tertiary/aromatic N) is 2. The summed E-state index contributed by atoms with van der Waals surface area (Å²) in [6.45, 7) is 1.95. The van der Waals surface area contributed by atoms with Crippen LogP contribution in [0.2, 0.25) is 0 Å². The Labute approximate surface area is 108 Å². The van der Waals surface area contributed by atoms with E-state index in [4.69, 9.17) is 0 Å². The van der Waals surface area contributed by atoms with Gasteiger partial charge in [0, 0.05) is 23.2 Å². The average Bonchev–Trinajstić information content (AvgIpc) is 2.63. The maximum Gasteiger partial charge on any atom is 0.256 e. The number of rotatable bonds is 2. The standard InChI is InChI=1S/C12H12BrN3O/c1-8-5-9(7-10(13)6-8)12(17)15-11-3-4-14-16(11)2/h3-7H,1-2H3,(H,15,17). The first-order valence-corrected chi connectivity index (χ1v) is 5.92. The van der Waals surface area contributed by atoms with E-state index in [9.17, 15) is 4.79 Å². The molecule has 1 N–H and O–H groups in total. The molecular formula is C12H12BrN3O. The summed E-state index contributed by atoms with van der Waals surface area (Å²) < 4.78 is 2.51. The molecule has 4 nitrogen and oxygen atoms in total. The fourth-order valence-corrected chi connectivity index (χ4v) is 2.16. The van der Waals surface area contributed by atoms with Crippen molar-refractivity contribution in [3.05, 3.63) is 46.1 Å². The Morgan fingerprint density at radius 2 is 2.18 bits per heavy atom. The molecule has 0 saturated carbocycles. The molecule has 5 heteroatoms. The average molecular weight is 294 g/mol. The van der Waals surface area contributed by atoms with Gasteiger partial charge in [-0.2, -0.15) is 5.10 Å². The summed E-state index contributed by atoms with van der Waals surface area (Å²) in [5, 5.41) is 6.79. The first-order valence-electron chi connectivity index (χ1n) is 5.13. The number of benzene rings is 1. The SMILES string of the molecule is Cc1cc(Br)cc(C(=O)Nc2ccnn2C)c1. The van der Waals surface area contributed by atoms with Gasteiger partial charge in [0.2, 0.25) is 0 Å². The molecule has 0 unspecified atom stereocenters. The Balaban J connectivity index is 2.23. The third-order valence-electron chi connectivity index (χ3n) is 2.37. The predicted molar refractivity (Wildman–Crippen MR) is 70.0 cm³/mol. The number of amides is 1. The van der Waals surface area contributed by atoms with Crippen LogP contribution in [0.15, 0.2) is 34.9 Å². The number of hydrogen-bond acceptors (Lipinski definition) is 2. The molecule has 2 aromatic rings. The number of carbonyl (C=O) groups is 1. The summed E-state index contributed by atoms with van der Waals surface area (Å²) in [7, 11) is 1.78. The van der Waals surface area contributed by atoms with Crippen molar-refractivity contribution in [1.82, 2.24) is 9.78 Å². The smallest absolute Gasteiger partial charge is 0.256 e. The van der Waals surface area contributed by atoms with Crippen LogP contribution in [0.5, 0.6) is 0 Å². The lowest BCUT2D eigenvalue weighted by atomic mass is 10.1. The molecule has 88 valence electrons. The highest BCUT2D eigenvalue weighted by atomic mass is 79.9. The van der Waals surface area contributed by atoms with Gasteiger partial charge in [0.05, 0.1) is 6.20 Å². The van der Waals surface area contributed by atoms with Crippen molar-refractivity contribution in [3.8, 4) is 0 Å². The topological polar surface area (TPSA) is 46.9 Å². The summed E-state index contributed by atoms with van der Waals surface area (Å²) in [5.41, 5.74) is 1.66. The molecule has 1 amide bonds. The zero-order valence-electron chi connectivity index (χ0n) is 9.57. The molecule has 1 aromatic carbocycles. The Hall–Kier alpha value is -1.62. The number of hydrogen-bond donors (Lipinski definition) is 1. The summed E-state index contributed by atoms with van der Waals surface area (Å²) in [6, 6.07) is 7.35. The Bertz CT molecular complexity index is 542. The number of aryl methyl sites for hydroxylation is 2. The van der Waals surface area contributed by atoms with Gasteiger partial charge in [0.1, 0.15) is 5.82 Å². The highest BCUT2D eigenvalue weighted by Crippen LogP contribution is 2.16. The fourth-order valence-electron chi connectivity index (χ4n) is 1.55. The molecule has 2 rings (SSSR count). The number of halogens is 1. The second-order valence-electron chi connectivity index (χ2n) is 3.81. The molecule has 0 aliphatic rings. The van der Waals surface area contributed by atoms with Crippen molar-refractivity contribution in [2.24, 2.45) is 7.05 Å². The van der Waals surface area contributed by atoms with Gasteiger partial charge in [-0.25, -0.2) is 0 Å². The number of aromatic nitrogens is 2. The third-order valence-corrected chi connectivity index (χ3v) is 2.82. The lowest BCUT2D eigenvalue weighted by Gasteiger charge is -2.06. The van der Waals surface area contributed by atoms with Crippen LogP contribution in [-0.2, 0) is 7.05 Å². The second kappa shape index (κ2) is 4.71. The Morgan fingerprint density at radius 3 is 2.76 bits per heavy atom. The lowest BCUT2D eigenvalue weighted by Crippen LogP contribution is -2.14. The van der Waals surface area contributed by atoms with Gasteiger partial charge in [-0.15, -0.1) is 0 Å². The van der Waals surface area contributed by atoms with Crippen LogP contribution < -0.4 is 5.32 Å². The van der Waals surface area contributed by atoms with Crippen LogP contribution in [0.4, 0.5) is 5.82 Å². The van der Waals surface area contributed by atoms with Crippen LogP contribution in [0.1, 0.15) is 15.9 Å². The van der Waals surface area contributed by atoms with E-state index < -0.39 is 0 Å². The van der Waals surface area contributed by atoms with Gasteiger partial charge in [0.25, 0.3) is 5.91 Å². The maximum absolute atomic E-state index is 12.0. The van der Waals surface area contributed by atoms with Gasteiger partial charge < -0.3 is 5.32 Å². The fraction of sp³-hybridized carbons (Fsp3) is 0.167. The zero-order chi connectivity index (χ0) is 12.4. The third kappa shape index (κ3) is 2.74. The van der Waals surface area contributed by atoms with Crippen molar-refractivity contribution in [2.75, 3.05) is 5.32 Å². The minimum Gasteiger partial charge on any atom is -0.307 e. The van der Waals surface area contributed by atoms with E-state index in [-0.39, 0.29) is 5.91 Å². The van der Waals surface area contributed by atoms with Crippen molar-refractivity contribution in [2.45, 2.75) is 6.92 Å². The van der Waals surface area contributed by atoms with Crippen molar-refractivity contribution in [1.29, 1.82) is 0 Å². The minimum atomic E-state index is -0.141. The molecule has 17 heavy (non-hydrogen) atoms. The van der Waals surface area contributed by atoms with Gasteiger partial charge in [-0.1, -0.05) is 15.9 Å². The predicted octanol–water partition coefficient (Wildman–Crippen LogP) is 2.74. The minimum absolute atomic E-state index is 0.141. The van der Waals surface area contributed by atoms with Gasteiger partial charge in [0.15, 0.2) is 0 Å². The molecule has 1 aromatic heterocycles. The normalized spacial score (nSPS) is 10.3. The molecule has 0 atom stereocenters. The molecule has 0 radical (unpaired) electrons. The maximum atomic E-state index is 12.0. The first-order chi connectivity index (χ1) is 8.06. The molecular weight excluding hydrogens is 282 g/mol. The molecule has 0 spiro atoms. The van der Waals surface area contributed by atoms with Gasteiger partial charge in [-0.3, -0.25) is 9.48 Å². The van der Waals surface area contributed by atoms with Crippen LogP contribution >= 0.6 is 15.9 Å². The monoisotopic (exact) mass is 293 g/mol. The van der Waals surface area contributed by atoms with Crippen molar-refractivity contribution >= 4 is 27.7 Å².